The molecular formula is C11H24N2S. The van der Waals surface area contributed by atoms with Gasteiger partial charge in [-0.25, -0.2) is 0 Å². The van der Waals surface area contributed by atoms with Crippen LogP contribution in [-0.4, -0.2) is 49.1 Å². The van der Waals surface area contributed by atoms with Crippen LogP contribution in [0.3, 0.4) is 0 Å². The Balaban J connectivity index is 1.97. The van der Waals surface area contributed by atoms with Gasteiger partial charge in [-0.15, -0.1) is 0 Å². The van der Waals surface area contributed by atoms with Crippen molar-refractivity contribution in [1.82, 2.24) is 10.2 Å². The predicted octanol–water partition coefficient (Wildman–Crippen LogP) is 1.81. The normalized spacial score (nSPS) is 18.9. The van der Waals surface area contributed by atoms with Crippen molar-refractivity contribution in [3.63, 3.8) is 0 Å². The van der Waals surface area contributed by atoms with E-state index in [1.807, 2.05) is 11.8 Å². The van der Waals surface area contributed by atoms with Crippen LogP contribution in [0.1, 0.15) is 26.2 Å². The maximum atomic E-state index is 3.57. The fraction of sp³-hybridized carbons (Fsp3) is 1.00. The van der Waals surface area contributed by atoms with Gasteiger partial charge in [0.15, 0.2) is 0 Å². The molecule has 0 spiro atoms. The predicted molar refractivity (Wildman–Crippen MR) is 66.1 cm³/mol. The van der Waals surface area contributed by atoms with E-state index in [1.54, 1.807) is 0 Å². The first kappa shape index (κ1) is 12.3. The SMILES string of the molecule is CSCCN(C)C(C)CCNC1CC1. The molecule has 84 valence electrons. The van der Waals surface area contributed by atoms with E-state index < -0.39 is 0 Å². The highest BCUT2D eigenvalue weighted by molar-refractivity contribution is 7.98. The van der Waals surface area contributed by atoms with Crippen molar-refractivity contribution in [3.8, 4) is 0 Å². The largest absolute Gasteiger partial charge is 0.314 e. The summed E-state index contributed by atoms with van der Waals surface area (Å²) in [6.45, 7) is 4.73. The first-order valence-electron chi connectivity index (χ1n) is 5.66. The number of hydrogen-bond donors (Lipinski definition) is 1. The Hall–Kier alpha value is 0.270. The minimum atomic E-state index is 0.716. The summed E-state index contributed by atoms with van der Waals surface area (Å²) in [5.41, 5.74) is 0. The van der Waals surface area contributed by atoms with E-state index in [2.05, 4.69) is 30.4 Å². The molecule has 3 heteroatoms. The molecule has 0 aliphatic heterocycles. The Morgan fingerprint density at radius 1 is 1.50 bits per heavy atom. The van der Waals surface area contributed by atoms with E-state index in [1.165, 1.54) is 38.1 Å². The second-order valence-electron chi connectivity index (χ2n) is 4.34. The fourth-order valence-corrected chi connectivity index (χ4v) is 1.93. The molecule has 1 unspecified atom stereocenters. The molecule has 0 bridgehead atoms. The van der Waals surface area contributed by atoms with Gasteiger partial charge in [0.05, 0.1) is 0 Å². The standard InChI is InChI=1S/C11H24N2S/c1-10(13(2)8-9-14-3)6-7-12-11-4-5-11/h10-12H,4-9H2,1-3H3. The van der Waals surface area contributed by atoms with Crippen LogP contribution in [0, 0.1) is 0 Å². The van der Waals surface area contributed by atoms with Crippen molar-refractivity contribution in [2.45, 2.75) is 38.3 Å². The van der Waals surface area contributed by atoms with Crippen LogP contribution in [0.15, 0.2) is 0 Å². The Bertz CT molecular complexity index is 148. The molecule has 1 aliphatic carbocycles. The highest BCUT2D eigenvalue weighted by Crippen LogP contribution is 2.18. The molecule has 1 atom stereocenters. The molecular weight excluding hydrogens is 192 g/mol. The topological polar surface area (TPSA) is 15.3 Å². The van der Waals surface area contributed by atoms with Gasteiger partial charge in [-0.2, -0.15) is 11.8 Å². The number of nitrogens with one attached hydrogen (secondary N) is 1. The summed E-state index contributed by atoms with van der Waals surface area (Å²) in [7, 11) is 2.23. The molecule has 1 aliphatic rings. The molecule has 0 aromatic rings. The Morgan fingerprint density at radius 3 is 2.79 bits per heavy atom. The summed E-state index contributed by atoms with van der Waals surface area (Å²) in [6, 6.07) is 1.58. The lowest BCUT2D eigenvalue weighted by molar-refractivity contribution is 0.259. The monoisotopic (exact) mass is 216 g/mol. The Morgan fingerprint density at radius 2 is 2.21 bits per heavy atom. The van der Waals surface area contributed by atoms with Crippen LogP contribution in [0.4, 0.5) is 0 Å². The average Bonchev–Trinajstić information content (AvgIpc) is 2.97. The van der Waals surface area contributed by atoms with Gasteiger partial charge in [0, 0.05) is 24.4 Å². The zero-order valence-corrected chi connectivity index (χ0v) is 10.6. The summed E-state index contributed by atoms with van der Waals surface area (Å²) >= 11 is 1.93. The molecule has 0 heterocycles. The van der Waals surface area contributed by atoms with Crippen LogP contribution < -0.4 is 5.32 Å². The first-order valence-corrected chi connectivity index (χ1v) is 7.06. The van der Waals surface area contributed by atoms with Gasteiger partial charge in [0.2, 0.25) is 0 Å². The smallest absolute Gasteiger partial charge is 0.00763 e. The Kier molecular flexibility index (Phi) is 5.90. The van der Waals surface area contributed by atoms with Crippen molar-refractivity contribution >= 4 is 11.8 Å². The summed E-state index contributed by atoms with van der Waals surface area (Å²) in [4.78, 5) is 2.46. The van der Waals surface area contributed by atoms with Gasteiger partial charge >= 0.3 is 0 Å². The molecule has 1 rings (SSSR count). The summed E-state index contributed by atoms with van der Waals surface area (Å²) < 4.78 is 0. The molecule has 0 saturated heterocycles. The van der Waals surface area contributed by atoms with Gasteiger partial charge in [0.1, 0.15) is 0 Å². The molecule has 1 fully saturated rings. The maximum absolute atomic E-state index is 3.57. The van der Waals surface area contributed by atoms with E-state index in [0.717, 1.165) is 6.04 Å². The van der Waals surface area contributed by atoms with Crippen molar-refractivity contribution in [1.29, 1.82) is 0 Å². The summed E-state index contributed by atoms with van der Waals surface area (Å²) in [5, 5.41) is 3.57. The molecule has 1 saturated carbocycles. The highest BCUT2D eigenvalue weighted by Gasteiger charge is 2.20. The number of nitrogens with zero attached hydrogens (tertiary/aromatic N) is 1. The van der Waals surface area contributed by atoms with E-state index >= 15 is 0 Å². The van der Waals surface area contributed by atoms with E-state index in [9.17, 15) is 0 Å². The van der Waals surface area contributed by atoms with Crippen molar-refractivity contribution in [2.75, 3.05) is 32.1 Å². The first-order chi connectivity index (χ1) is 6.74. The highest BCUT2D eigenvalue weighted by atomic mass is 32.2. The summed E-state index contributed by atoms with van der Waals surface area (Å²) in [6.07, 6.45) is 6.25. The van der Waals surface area contributed by atoms with Gasteiger partial charge < -0.3 is 10.2 Å². The molecule has 2 nitrogen and oxygen atoms in total. The Labute approximate surface area is 92.8 Å². The van der Waals surface area contributed by atoms with Crippen LogP contribution >= 0.6 is 11.8 Å². The van der Waals surface area contributed by atoms with Gasteiger partial charge in [-0.3, -0.25) is 0 Å². The van der Waals surface area contributed by atoms with Crippen molar-refractivity contribution < 1.29 is 0 Å². The lowest BCUT2D eigenvalue weighted by Gasteiger charge is -2.24. The van der Waals surface area contributed by atoms with Crippen molar-refractivity contribution in [2.24, 2.45) is 0 Å². The third-order valence-electron chi connectivity index (χ3n) is 2.97. The minimum absolute atomic E-state index is 0.716. The second kappa shape index (κ2) is 6.70. The lowest BCUT2D eigenvalue weighted by atomic mass is 10.2. The minimum Gasteiger partial charge on any atom is -0.314 e. The third-order valence-corrected chi connectivity index (χ3v) is 3.56. The average molecular weight is 216 g/mol. The van der Waals surface area contributed by atoms with Gasteiger partial charge in [-0.1, -0.05) is 0 Å². The molecule has 0 aromatic heterocycles. The summed E-state index contributed by atoms with van der Waals surface area (Å²) in [5.74, 6) is 1.25. The fourth-order valence-electron chi connectivity index (χ4n) is 1.46. The second-order valence-corrected chi connectivity index (χ2v) is 5.33. The van der Waals surface area contributed by atoms with E-state index in [0.29, 0.717) is 6.04 Å². The van der Waals surface area contributed by atoms with E-state index in [4.69, 9.17) is 0 Å². The van der Waals surface area contributed by atoms with Crippen molar-refractivity contribution in [3.05, 3.63) is 0 Å². The molecule has 0 amide bonds. The molecule has 14 heavy (non-hydrogen) atoms. The quantitative estimate of drug-likeness (QED) is 0.666. The van der Waals surface area contributed by atoms with Crippen LogP contribution in [0.5, 0.6) is 0 Å². The van der Waals surface area contributed by atoms with Crippen LogP contribution in [0.2, 0.25) is 0 Å². The molecule has 1 N–H and O–H groups in total. The maximum Gasteiger partial charge on any atom is 0.00763 e. The van der Waals surface area contributed by atoms with Gasteiger partial charge in [0.25, 0.3) is 0 Å². The number of thioether (sulfide) groups is 1. The van der Waals surface area contributed by atoms with Crippen LogP contribution in [0.25, 0.3) is 0 Å². The lowest BCUT2D eigenvalue weighted by Crippen LogP contribution is -2.34. The number of hydrogen-bond acceptors (Lipinski definition) is 3. The zero-order chi connectivity index (χ0) is 10.4. The van der Waals surface area contributed by atoms with Crippen LogP contribution in [-0.2, 0) is 0 Å². The third kappa shape index (κ3) is 5.23. The zero-order valence-electron chi connectivity index (χ0n) is 9.75. The number of rotatable bonds is 8. The van der Waals surface area contributed by atoms with E-state index in [-0.39, 0.29) is 0 Å². The van der Waals surface area contributed by atoms with Gasteiger partial charge in [-0.05, 0) is 46.0 Å². The molecule has 0 radical (unpaired) electrons. The molecule has 0 aromatic carbocycles.